The SMILES string of the molecule is CCOC(=O)C(C(=O)OCC)C(=O)c1ccoc1C. The van der Waals surface area contributed by atoms with Crippen LogP contribution in [0.15, 0.2) is 16.7 Å². The fourth-order valence-electron chi connectivity index (χ4n) is 1.56. The fraction of sp³-hybridized carbons (Fsp3) is 0.462. The van der Waals surface area contributed by atoms with Crippen LogP contribution in [-0.4, -0.2) is 30.9 Å². The summed E-state index contributed by atoms with van der Waals surface area (Å²) in [5.41, 5.74) is 0.172. The minimum Gasteiger partial charge on any atom is -0.469 e. The van der Waals surface area contributed by atoms with Crippen LogP contribution in [0.4, 0.5) is 0 Å². The molecule has 0 bridgehead atoms. The summed E-state index contributed by atoms with van der Waals surface area (Å²) in [6.45, 7) is 4.90. The average Bonchev–Trinajstić information content (AvgIpc) is 2.76. The second kappa shape index (κ2) is 6.72. The van der Waals surface area contributed by atoms with Gasteiger partial charge >= 0.3 is 11.9 Å². The third-order valence-corrected chi connectivity index (χ3v) is 2.43. The van der Waals surface area contributed by atoms with Crippen LogP contribution in [0.1, 0.15) is 30.0 Å². The Labute approximate surface area is 110 Å². The summed E-state index contributed by atoms with van der Waals surface area (Å²) in [4.78, 5) is 35.7. The van der Waals surface area contributed by atoms with Crippen molar-refractivity contribution >= 4 is 17.7 Å². The van der Waals surface area contributed by atoms with Crippen molar-refractivity contribution in [2.45, 2.75) is 20.8 Å². The first-order chi connectivity index (χ1) is 9.02. The van der Waals surface area contributed by atoms with E-state index in [4.69, 9.17) is 13.9 Å². The van der Waals surface area contributed by atoms with Gasteiger partial charge < -0.3 is 13.9 Å². The second-order valence-corrected chi connectivity index (χ2v) is 3.69. The Bertz CT molecular complexity index is 455. The summed E-state index contributed by atoms with van der Waals surface area (Å²) in [5, 5.41) is 0. The maximum Gasteiger partial charge on any atom is 0.328 e. The van der Waals surface area contributed by atoms with Crippen LogP contribution in [0.2, 0.25) is 0 Å². The van der Waals surface area contributed by atoms with Gasteiger partial charge in [0.15, 0.2) is 5.78 Å². The van der Waals surface area contributed by atoms with Crippen LogP contribution in [0.3, 0.4) is 0 Å². The van der Waals surface area contributed by atoms with Crippen molar-refractivity contribution in [2.24, 2.45) is 5.92 Å². The molecule has 6 nitrogen and oxygen atoms in total. The second-order valence-electron chi connectivity index (χ2n) is 3.69. The minimum atomic E-state index is -1.60. The van der Waals surface area contributed by atoms with Gasteiger partial charge in [0.1, 0.15) is 5.76 Å². The summed E-state index contributed by atoms with van der Waals surface area (Å²) in [6.07, 6.45) is 1.32. The third kappa shape index (κ3) is 3.43. The molecule has 0 aliphatic carbocycles. The summed E-state index contributed by atoms with van der Waals surface area (Å²) in [5.74, 6) is -3.76. The molecule has 6 heteroatoms. The normalized spacial score (nSPS) is 10.3. The minimum absolute atomic E-state index is 0.0758. The smallest absolute Gasteiger partial charge is 0.328 e. The molecule has 1 aromatic heterocycles. The van der Waals surface area contributed by atoms with Crippen LogP contribution >= 0.6 is 0 Å². The number of ether oxygens (including phenoxy) is 2. The van der Waals surface area contributed by atoms with Crippen LogP contribution < -0.4 is 0 Å². The van der Waals surface area contributed by atoms with Crippen molar-refractivity contribution < 1.29 is 28.3 Å². The molecule has 0 fully saturated rings. The molecule has 0 aromatic carbocycles. The molecule has 0 atom stereocenters. The first-order valence-electron chi connectivity index (χ1n) is 5.94. The summed E-state index contributed by atoms with van der Waals surface area (Å²) in [6, 6.07) is 1.41. The zero-order valence-electron chi connectivity index (χ0n) is 11.1. The first kappa shape index (κ1) is 14.9. The zero-order valence-corrected chi connectivity index (χ0v) is 11.1. The molecule has 0 aliphatic rings. The van der Waals surface area contributed by atoms with Gasteiger partial charge in [-0.05, 0) is 26.8 Å². The summed E-state index contributed by atoms with van der Waals surface area (Å²) in [7, 11) is 0. The van der Waals surface area contributed by atoms with Gasteiger partial charge in [-0.1, -0.05) is 0 Å². The maximum absolute atomic E-state index is 12.2. The molecule has 1 aromatic rings. The molecular formula is C13H16O6. The maximum atomic E-state index is 12.2. The predicted octanol–water partition coefficient (Wildman–Crippen LogP) is 1.51. The van der Waals surface area contributed by atoms with E-state index in [-0.39, 0.29) is 18.8 Å². The van der Waals surface area contributed by atoms with E-state index in [2.05, 4.69) is 0 Å². The highest BCUT2D eigenvalue weighted by molar-refractivity contribution is 6.21. The van der Waals surface area contributed by atoms with Gasteiger partial charge in [-0.3, -0.25) is 14.4 Å². The Kier molecular flexibility index (Phi) is 5.29. The zero-order chi connectivity index (χ0) is 14.4. The van der Waals surface area contributed by atoms with Gasteiger partial charge in [0.05, 0.1) is 25.0 Å². The standard InChI is InChI=1S/C13H16O6/c1-4-17-12(15)10(13(16)18-5-2)11(14)9-6-7-19-8(9)3/h6-7,10H,4-5H2,1-3H3. The van der Waals surface area contributed by atoms with Crippen LogP contribution in [0.5, 0.6) is 0 Å². The number of ketones is 1. The number of carbonyl (C=O) groups excluding carboxylic acids is 3. The molecule has 1 rings (SSSR count). The van der Waals surface area contributed by atoms with Crippen molar-refractivity contribution in [3.63, 3.8) is 0 Å². The van der Waals surface area contributed by atoms with Crippen LogP contribution in [0, 0.1) is 12.8 Å². The third-order valence-electron chi connectivity index (χ3n) is 2.43. The van der Waals surface area contributed by atoms with Gasteiger partial charge in [-0.15, -0.1) is 0 Å². The van der Waals surface area contributed by atoms with Crippen molar-refractivity contribution in [1.29, 1.82) is 0 Å². The van der Waals surface area contributed by atoms with Crippen molar-refractivity contribution in [3.05, 3.63) is 23.7 Å². The lowest BCUT2D eigenvalue weighted by molar-refractivity contribution is -0.158. The fourth-order valence-corrected chi connectivity index (χ4v) is 1.56. The Morgan fingerprint density at radius 3 is 2.05 bits per heavy atom. The Morgan fingerprint density at radius 1 is 1.16 bits per heavy atom. The van der Waals surface area contributed by atoms with Crippen molar-refractivity contribution in [2.75, 3.05) is 13.2 Å². The number of hydrogen-bond acceptors (Lipinski definition) is 6. The lowest BCUT2D eigenvalue weighted by Gasteiger charge is -2.12. The summed E-state index contributed by atoms with van der Waals surface area (Å²) >= 11 is 0. The van der Waals surface area contributed by atoms with E-state index in [1.54, 1.807) is 20.8 Å². The van der Waals surface area contributed by atoms with Crippen LogP contribution in [0.25, 0.3) is 0 Å². The van der Waals surface area contributed by atoms with E-state index >= 15 is 0 Å². The number of carbonyl (C=O) groups is 3. The van der Waals surface area contributed by atoms with E-state index in [9.17, 15) is 14.4 Å². The van der Waals surface area contributed by atoms with Gasteiger partial charge in [-0.2, -0.15) is 0 Å². The van der Waals surface area contributed by atoms with Gasteiger partial charge in [0.25, 0.3) is 0 Å². The highest BCUT2D eigenvalue weighted by Crippen LogP contribution is 2.17. The molecule has 0 unspecified atom stereocenters. The molecule has 0 amide bonds. The molecule has 0 N–H and O–H groups in total. The van der Waals surface area contributed by atoms with Crippen molar-refractivity contribution in [3.8, 4) is 0 Å². The molecule has 104 valence electrons. The van der Waals surface area contributed by atoms with Gasteiger partial charge in [0.2, 0.25) is 5.92 Å². The highest BCUT2D eigenvalue weighted by atomic mass is 16.6. The Balaban J connectivity index is 3.03. The van der Waals surface area contributed by atoms with Crippen LogP contribution in [-0.2, 0) is 19.1 Å². The van der Waals surface area contributed by atoms with E-state index in [0.717, 1.165) is 0 Å². The highest BCUT2D eigenvalue weighted by Gasteiger charge is 2.38. The van der Waals surface area contributed by atoms with Crippen molar-refractivity contribution in [1.82, 2.24) is 0 Å². The monoisotopic (exact) mass is 268 g/mol. The Hall–Kier alpha value is -2.11. The lowest BCUT2D eigenvalue weighted by atomic mass is 9.98. The number of furan rings is 1. The van der Waals surface area contributed by atoms with E-state index in [1.165, 1.54) is 12.3 Å². The van der Waals surface area contributed by atoms with Gasteiger partial charge in [0, 0.05) is 0 Å². The molecule has 0 saturated carbocycles. The molecule has 0 radical (unpaired) electrons. The average molecular weight is 268 g/mol. The Morgan fingerprint density at radius 2 is 1.68 bits per heavy atom. The first-order valence-corrected chi connectivity index (χ1v) is 5.94. The largest absolute Gasteiger partial charge is 0.469 e. The molecule has 0 saturated heterocycles. The lowest BCUT2D eigenvalue weighted by Crippen LogP contribution is -2.35. The predicted molar refractivity (Wildman–Crippen MR) is 64.5 cm³/mol. The van der Waals surface area contributed by atoms with Gasteiger partial charge in [-0.25, -0.2) is 0 Å². The number of Topliss-reactive ketones (excluding diaryl/α,β-unsaturated/α-hetero) is 1. The number of hydrogen-bond donors (Lipinski definition) is 0. The topological polar surface area (TPSA) is 82.8 Å². The van der Waals surface area contributed by atoms with E-state index < -0.39 is 23.6 Å². The molecule has 0 aliphatic heterocycles. The summed E-state index contributed by atoms with van der Waals surface area (Å²) < 4.78 is 14.5. The number of rotatable bonds is 6. The molecular weight excluding hydrogens is 252 g/mol. The molecule has 19 heavy (non-hydrogen) atoms. The van der Waals surface area contributed by atoms with E-state index in [0.29, 0.717) is 5.76 Å². The molecule has 0 spiro atoms. The molecule has 1 heterocycles. The van der Waals surface area contributed by atoms with E-state index in [1.807, 2.05) is 0 Å². The number of esters is 2. The number of aryl methyl sites for hydroxylation is 1. The quantitative estimate of drug-likeness (QED) is 0.442.